The molecule has 1 amide bonds. The number of benzene rings is 1. The zero-order valence-electron chi connectivity index (χ0n) is 18.3. The zero-order valence-corrected chi connectivity index (χ0v) is 20.6. The summed E-state index contributed by atoms with van der Waals surface area (Å²) >= 11 is 0. The molecule has 1 heterocycles. The summed E-state index contributed by atoms with van der Waals surface area (Å²) in [4.78, 5) is 18.6. The van der Waals surface area contributed by atoms with Gasteiger partial charge in [0.2, 0.25) is 0 Å². The van der Waals surface area contributed by atoms with E-state index in [1.54, 1.807) is 0 Å². The van der Waals surface area contributed by atoms with Gasteiger partial charge in [0.15, 0.2) is 5.96 Å². The molecule has 0 aromatic heterocycles. The summed E-state index contributed by atoms with van der Waals surface area (Å²) in [5, 5.41) is 9.21. The Kier molecular flexibility index (Phi) is 10.6. The Morgan fingerprint density at radius 2 is 1.93 bits per heavy atom. The van der Waals surface area contributed by atoms with Crippen molar-refractivity contribution in [1.29, 1.82) is 0 Å². The quantitative estimate of drug-likeness (QED) is 0.234. The molecule has 1 aromatic rings. The number of fused-ring (bicyclic) bond motifs is 1. The smallest absolute Gasteiger partial charge is 0.407 e. The number of anilines is 1. The molecule has 0 radical (unpaired) electrons. The third-order valence-corrected chi connectivity index (χ3v) is 4.34. The number of halogens is 1. The second kappa shape index (κ2) is 12.1. The Labute approximate surface area is 192 Å². The molecule has 3 N–H and O–H groups in total. The number of rotatable bonds is 6. The van der Waals surface area contributed by atoms with Crippen LogP contribution >= 0.6 is 24.0 Å². The number of alkyl carbamates (subject to hydrolysis) is 1. The van der Waals surface area contributed by atoms with Crippen LogP contribution in [0.5, 0.6) is 0 Å². The summed E-state index contributed by atoms with van der Waals surface area (Å²) in [6.45, 7) is 11.1. The molecule has 0 fully saturated rings. The number of nitrogens with zero attached hydrogens (tertiary/aromatic N) is 2. The van der Waals surface area contributed by atoms with E-state index in [1.165, 1.54) is 23.2 Å². The van der Waals surface area contributed by atoms with Crippen LogP contribution in [0.25, 0.3) is 0 Å². The van der Waals surface area contributed by atoms with Gasteiger partial charge in [-0.3, -0.25) is 0 Å². The fourth-order valence-corrected chi connectivity index (χ4v) is 3.11. The normalized spacial score (nSPS) is 13.8. The largest absolute Gasteiger partial charge is 0.444 e. The lowest BCUT2D eigenvalue weighted by Crippen LogP contribution is -2.42. The topological polar surface area (TPSA) is 78.0 Å². The van der Waals surface area contributed by atoms with Gasteiger partial charge >= 0.3 is 6.09 Å². The molecule has 1 aliphatic rings. The molecule has 1 aliphatic heterocycles. The number of carbonyl (C=O) groups is 1. The minimum Gasteiger partial charge on any atom is -0.444 e. The van der Waals surface area contributed by atoms with E-state index in [4.69, 9.17) is 4.74 Å². The highest BCUT2D eigenvalue weighted by Gasteiger charge is 2.15. The summed E-state index contributed by atoms with van der Waals surface area (Å²) in [6, 6.07) is 6.62. The van der Waals surface area contributed by atoms with E-state index in [0.29, 0.717) is 19.6 Å². The number of aliphatic imine (C=N–C) groups is 1. The lowest BCUT2D eigenvalue weighted by Gasteiger charge is -2.27. The van der Waals surface area contributed by atoms with Crippen LogP contribution < -0.4 is 20.9 Å². The molecule has 0 saturated carbocycles. The summed E-state index contributed by atoms with van der Waals surface area (Å²) in [6.07, 6.45) is 1.92. The molecular weight excluding hydrogens is 481 g/mol. The standard InChI is InChI=1S/C21H35N5O2.HI/c1-6-22-19(23-11-12-24-20(27)28-21(2,3)4)25-15-16-9-10-18-17(14-16)8-7-13-26(18)5;/h9-10,14H,6-8,11-13,15H2,1-5H3,(H,24,27)(H2,22,23,25);1H. The molecule has 2 rings (SSSR count). The van der Waals surface area contributed by atoms with Crippen molar-refractivity contribution in [1.82, 2.24) is 16.0 Å². The van der Waals surface area contributed by atoms with E-state index in [1.807, 2.05) is 27.7 Å². The molecule has 8 heteroatoms. The van der Waals surface area contributed by atoms with Crippen LogP contribution in [-0.4, -0.2) is 50.9 Å². The summed E-state index contributed by atoms with van der Waals surface area (Å²) < 4.78 is 5.22. The van der Waals surface area contributed by atoms with E-state index in [9.17, 15) is 4.79 Å². The molecule has 0 aliphatic carbocycles. The predicted octanol–water partition coefficient (Wildman–Crippen LogP) is 3.27. The second-order valence-electron chi connectivity index (χ2n) is 8.04. The number of hydrogen-bond donors (Lipinski definition) is 3. The van der Waals surface area contributed by atoms with Crippen LogP contribution in [0, 0.1) is 0 Å². The zero-order chi connectivity index (χ0) is 20.6. The summed E-state index contributed by atoms with van der Waals surface area (Å²) in [5.74, 6) is 0.739. The van der Waals surface area contributed by atoms with Gasteiger partial charge in [0.1, 0.15) is 5.60 Å². The van der Waals surface area contributed by atoms with Crippen molar-refractivity contribution < 1.29 is 9.53 Å². The van der Waals surface area contributed by atoms with Gasteiger partial charge < -0.3 is 25.6 Å². The maximum atomic E-state index is 11.7. The number of nitrogens with one attached hydrogen (secondary N) is 3. The van der Waals surface area contributed by atoms with E-state index in [-0.39, 0.29) is 24.0 Å². The van der Waals surface area contributed by atoms with Crippen LogP contribution in [-0.2, 0) is 17.7 Å². The first-order valence-electron chi connectivity index (χ1n) is 10.1. The van der Waals surface area contributed by atoms with Crippen molar-refractivity contribution in [3.63, 3.8) is 0 Å². The first-order chi connectivity index (χ1) is 13.3. The Balaban J connectivity index is 0.00000420. The Bertz CT molecular complexity index is 688. The van der Waals surface area contributed by atoms with Gasteiger partial charge in [-0.05, 0) is 57.7 Å². The van der Waals surface area contributed by atoms with Crippen molar-refractivity contribution >= 4 is 41.7 Å². The van der Waals surface area contributed by atoms with Gasteiger partial charge in [-0.15, -0.1) is 24.0 Å². The lowest BCUT2D eigenvalue weighted by molar-refractivity contribution is 0.0529. The van der Waals surface area contributed by atoms with E-state index < -0.39 is 11.7 Å². The van der Waals surface area contributed by atoms with Crippen molar-refractivity contribution in [2.45, 2.75) is 52.7 Å². The molecular formula is C21H36IN5O2. The van der Waals surface area contributed by atoms with Crippen LogP contribution in [0.4, 0.5) is 10.5 Å². The predicted molar refractivity (Wildman–Crippen MR) is 131 cm³/mol. The van der Waals surface area contributed by atoms with Crippen molar-refractivity contribution in [2.75, 3.05) is 38.1 Å². The number of hydrogen-bond acceptors (Lipinski definition) is 4. The molecule has 0 bridgehead atoms. The van der Waals surface area contributed by atoms with Gasteiger partial charge in [-0.25, -0.2) is 9.79 Å². The van der Waals surface area contributed by atoms with Gasteiger partial charge in [0.05, 0.1) is 6.54 Å². The monoisotopic (exact) mass is 517 g/mol. The SMILES string of the molecule is CCNC(=NCc1ccc2c(c1)CCCN2C)NCCNC(=O)OC(C)(C)C.I. The summed E-state index contributed by atoms with van der Waals surface area (Å²) in [7, 11) is 2.15. The Morgan fingerprint density at radius 1 is 1.21 bits per heavy atom. The average Bonchev–Trinajstić information content (AvgIpc) is 2.61. The Hall–Kier alpha value is -1.71. The minimum absolute atomic E-state index is 0. The fraction of sp³-hybridized carbons (Fsp3) is 0.619. The average molecular weight is 517 g/mol. The third-order valence-electron chi connectivity index (χ3n) is 4.34. The highest BCUT2D eigenvalue weighted by molar-refractivity contribution is 14.0. The maximum absolute atomic E-state index is 11.7. The van der Waals surface area contributed by atoms with E-state index >= 15 is 0 Å². The lowest BCUT2D eigenvalue weighted by atomic mass is 10.00. The highest BCUT2D eigenvalue weighted by atomic mass is 127. The molecule has 7 nitrogen and oxygen atoms in total. The molecule has 0 saturated heterocycles. The van der Waals surface area contributed by atoms with Crippen LogP contribution in [0.15, 0.2) is 23.2 Å². The highest BCUT2D eigenvalue weighted by Crippen LogP contribution is 2.26. The number of guanidine groups is 1. The van der Waals surface area contributed by atoms with E-state index in [2.05, 4.69) is 51.1 Å². The van der Waals surface area contributed by atoms with Gasteiger partial charge in [-0.2, -0.15) is 0 Å². The van der Waals surface area contributed by atoms with E-state index in [0.717, 1.165) is 25.5 Å². The first kappa shape index (κ1) is 25.3. The molecule has 164 valence electrons. The molecule has 0 atom stereocenters. The molecule has 1 aromatic carbocycles. The third kappa shape index (κ3) is 9.10. The number of carbonyl (C=O) groups excluding carboxylic acids is 1. The molecule has 29 heavy (non-hydrogen) atoms. The number of ether oxygens (including phenoxy) is 1. The molecule has 0 unspecified atom stereocenters. The first-order valence-corrected chi connectivity index (χ1v) is 10.1. The maximum Gasteiger partial charge on any atom is 0.407 e. The van der Waals surface area contributed by atoms with Crippen molar-refractivity contribution in [2.24, 2.45) is 4.99 Å². The van der Waals surface area contributed by atoms with Crippen molar-refractivity contribution in [3.05, 3.63) is 29.3 Å². The van der Waals surface area contributed by atoms with Crippen LogP contribution in [0.3, 0.4) is 0 Å². The fourth-order valence-electron chi connectivity index (χ4n) is 3.11. The second-order valence-corrected chi connectivity index (χ2v) is 8.04. The van der Waals surface area contributed by atoms with Crippen molar-refractivity contribution in [3.8, 4) is 0 Å². The van der Waals surface area contributed by atoms with Crippen LogP contribution in [0.1, 0.15) is 45.2 Å². The van der Waals surface area contributed by atoms with Gasteiger partial charge in [0, 0.05) is 38.9 Å². The van der Waals surface area contributed by atoms with Crippen LogP contribution in [0.2, 0.25) is 0 Å². The summed E-state index contributed by atoms with van der Waals surface area (Å²) in [5.41, 5.74) is 3.45. The number of amides is 1. The molecule has 0 spiro atoms. The van der Waals surface area contributed by atoms with Gasteiger partial charge in [-0.1, -0.05) is 12.1 Å². The Morgan fingerprint density at radius 3 is 2.62 bits per heavy atom. The minimum atomic E-state index is -0.489. The van der Waals surface area contributed by atoms with Gasteiger partial charge in [0.25, 0.3) is 0 Å². The number of aryl methyl sites for hydroxylation is 1.